The summed E-state index contributed by atoms with van der Waals surface area (Å²) in [6.07, 6.45) is 0. The highest BCUT2D eigenvalue weighted by Crippen LogP contribution is 2.37. The minimum atomic E-state index is -0.637. The van der Waals surface area contributed by atoms with Crippen LogP contribution < -0.4 is 10.6 Å². The summed E-state index contributed by atoms with van der Waals surface area (Å²) in [6.45, 7) is 0. The molecule has 0 spiro atoms. The molecule has 26 heavy (non-hydrogen) atoms. The predicted molar refractivity (Wildman–Crippen MR) is 98.3 cm³/mol. The number of hydrogen-bond donors (Lipinski definition) is 5. The van der Waals surface area contributed by atoms with Crippen molar-refractivity contribution in [1.82, 2.24) is 5.32 Å². The zero-order valence-corrected chi connectivity index (χ0v) is 13.8. The predicted octanol–water partition coefficient (Wildman–Crippen LogP) is 3.71. The molecule has 2 amide bonds. The molecule has 0 fully saturated rings. The molecule has 0 aromatic heterocycles. The van der Waals surface area contributed by atoms with Gasteiger partial charge in [0, 0.05) is 12.1 Å². The van der Waals surface area contributed by atoms with Crippen molar-refractivity contribution in [3.63, 3.8) is 0 Å². The highest BCUT2D eigenvalue weighted by atomic mass is 16.3. The van der Waals surface area contributed by atoms with Crippen LogP contribution in [0.25, 0.3) is 0 Å². The lowest BCUT2D eigenvalue weighted by atomic mass is 9.99. The molecule has 0 aliphatic rings. The van der Waals surface area contributed by atoms with Crippen LogP contribution in [-0.2, 0) is 0 Å². The maximum atomic E-state index is 12.4. The normalized spacial score (nSPS) is 10.5. The second-order valence-corrected chi connectivity index (χ2v) is 5.72. The van der Waals surface area contributed by atoms with Crippen molar-refractivity contribution < 1.29 is 20.1 Å². The molecular formula is C20H18N2O4. The van der Waals surface area contributed by atoms with E-state index in [4.69, 9.17) is 0 Å². The Bertz CT molecular complexity index is 836. The van der Waals surface area contributed by atoms with Gasteiger partial charge in [-0.15, -0.1) is 0 Å². The lowest BCUT2D eigenvalue weighted by Crippen LogP contribution is -2.33. The summed E-state index contributed by atoms with van der Waals surface area (Å²) >= 11 is 0. The van der Waals surface area contributed by atoms with Crippen molar-refractivity contribution in [1.29, 1.82) is 0 Å². The monoisotopic (exact) mass is 350 g/mol. The van der Waals surface area contributed by atoms with Crippen LogP contribution in [0.5, 0.6) is 17.2 Å². The van der Waals surface area contributed by atoms with E-state index in [1.165, 1.54) is 0 Å². The van der Waals surface area contributed by atoms with Crippen LogP contribution in [-0.4, -0.2) is 21.4 Å². The Labute approximate surface area is 150 Å². The third-order valence-electron chi connectivity index (χ3n) is 3.87. The summed E-state index contributed by atoms with van der Waals surface area (Å²) in [7, 11) is 0. The van der Waals surface area contributed by atoms with Gasteiger partial charge in [-0.05, 0) is 11.1 Å². The van der Waals surface area contributed by atoms with Gasteiger partial charge < -0.3 is 26.0 Å². The van der Waals surface area contributed by atoms with E-state index in [1.54, 1.807) is 0 Å². The van der Waals surface area contributed by atoms with Gasteiger partial charge in [-0.2, -0.15) is 0 Å². The maximum absolute atomic E-state index is 12.4. The number of hydrogen-bond acceptors (Lipinski definition) is 4. The SMILES string of the molecule is O=C(Nc1cc(O)c(O)c(O)c1)NC(c1ccccc1)c1ccccc1. The summed E-state index contributed by atoms with van der Waals surface area (Å²) in [4.78, 5) is 12.4. The van der Waals surface area contributed by atoms with Gasteiger partial charge >= 0.3 is 6.03 Å². The Kier molecular flexibility index (Phi) is 4.94. The number of rotatable bonds is 4. The van der Waals surface area contributed by atoms with E-state index in [9.17, 15) is 20.1 Å². The number of nitrogens with one attached hydrogen (secondary N) is 2. The van der Waals surface area contributed by atoms with Crippen LogP contribution in [0.3, 0.4) is 0 Å². The molecule has 6 nitrogen and oxygen atoms in total. The van der Waals surface area contributed by atoms with Gasteiger partial charge in [-0.25, -0.2) is 4.79 Å². The molecule has 3 aromatic carbocycles. The van der Waals surface area contributed by atoms with E-state index in [-0.39, 0.29) is 11.7 Å². The first-order chi connectivity index (χ1) is 12.5. The molecule has 0 radical (unpaired) electrons. The zero-order valence-electron chi connectivity index (χ0n) is 13.8. The van der Waals surface area contributed by atoms with Crippen LogP contribution in [0.15, 0.2) is 72.8 Å². The van der Waals surface area contributed by atoms with Crippen LogP contribution in [0.1, 0.15) is 17.2 Å². The third-order valence-corrected chi connectivity index (χ3v) is 3.87. The quantitative estimate of drug-likeness (QED) is 0.366. The number of anilines is 1. The minimum Gasteiger partial charge on any atom is -0.504 e. The molecule has 0 bridgehead atoms. The smallest absolute Gasteiger partial charge is 0.319 e. The van der Waals surface area contributed by atoms with Gasteiger partial charge in [0.2, 0.25) is 0 Å². The average molecular weight is 350 g/mol. The molecule has 0 saturated carbocycles. The first-order valence-electron chi connectivity index (χ1n) is 7.97. The molecule has 3 rings (SSSR count). The number of carbonyl (C=O) groups excluding carboxylic acids is 1. The Hall–Kier alpha value is -3.67. The van der Waals surface area contributed by atoms with Crippen molar-refractivity contribution >= 4 is 11.7 Å². The highest BCUT2D eigenvalue weighted by molar-refractivity contribution is 5.90. The van der Waals surface area contributed by atoms with Crippen LogP contribution in [0.4, 0.5) is 10.5 Å². The molecule has 0 aliphatic carbocycles. The second-order valence-electron chi connectivity index (χ2n) is 5.72. The first kappa shape index (κ1) is 17.2. The van der Waals surface area contributed by atoms with E-state index < -0.39 is 23.3 Å². The van der Waals surface area contributed by atoms with E-state index in [0.29, 0.717) is 0 Å². The van der Waals surface area contributed by atoms with Gasteiger partial charge in [0.15, 0.2) is 17.2 Å². The topological polar surface area (TPSA) is 102 Å². The van der Waals surface area contributed by atoms with Crippen LogP contribution in [0.2, 0.25) is 0 Å². The summed E-state index contributed by atoms with van der Waals surface area (Å²) < 4.78 is 0. The Morgan fingerprint density at radius 3 is 1.69 bits per heavy atom. The molecule has 6 heteroatoms. The second kappa shape index (κ2) is 7.48. The largest absolute Gasteiger partial charge is 0.504 e. The van der Waals surface area contributed by atoms with Crippen LogP contribution in [0, 0.1) is 0 Å². The molecular weight excluding hydrogens is 332 g/mol. The molecule has 0 saturated heterocycles. The number of amides is 2. The van der Waals surface area contributed by atoms with E-state index >= 15 is 0 Å². The fraction of sp³-hybridized carbons (Fsp3) is 0.0500. The third kappa shape index (κ3) is 3.87. The van der Waals surface area contributed by atoms with E-state index in [2.05, 4.69) is 10.6 Å². The van der Waals surface area contributed by atoms with Crippen molar-refractivity contribution in [2.75, 3.05) is 5.32 Å². The Balaban J connectivity index is 1.82. The summed E-state index contributed by atoms with van der Waals surface area (Å²) in [5.74, 6) is -1.69. The summed E-state index contributed by atoms with van der Waals surface area (Å²) in [6, 6.07) is 20.4. The number of benzene rings is 3. The Morgan fingerprint density at radius 1 is 0.769 bits per heavy atom. The van der Waals surface area contributed by atoms with Crippen LogP contribution >= 0.6 is 0 Å². The standard InChI is InChI=1S/C20H18N2O4/c23-16-11-15(12-17(24)19(16)25)21-20(26)22-18(13-7-3-1-4-8-13)14-9-5-2-6-10-14/h1-12,18,23-25H,(H2,21,22,26). The summed E-state index contributed by atoms with van der Waals surface area (Å²) in [5, 5.41) is 33.9. The number of aromatic hydroxyl groups is 3. The zero-order chi connectivity index (χ0) is 18.5. The molecule has 132 valence electrons. The highest BCUT2D eigenvalue weighted by Gasteiger charge is 2.17. The number of phenols is 3. The Morgan fingerprint density at radius 2 is 1.23 bits per heavy atom. The molecule has 0 unspecified atom stereocenters. The fourth-order valence-corrected chi connectivity index (χ4v) is 2.62. The lowest BCUT2D eigenvalue weighted by Gasteiger charge is -2.20. The van der Waals surface area contributed by atoms with Crippen molar-refractivity contribution in [3.05, 3.63) is 83.9 Å². The number of urea groups is 1. The van der Waals surface area contributed by atoms with E-state index in [1.807, 2.05) is 60.7 Å². The molecule has 0 atom stereocenters. The van der Waals surface area contributed by atoms with Crippen molar-refractivity contribution in [3.8, 4) is 17.2 Å². The first-order valence-corrected chi connectivity index (χ1v) is 7.97. The van der Waals surface area contributed by atoms with Gasteiger partial charge in [0.1, 0.15) is 0 Å². The molecule has 5 N–H and O–H groups in total. The number of phenolic OH excluding ortho intramolecular Hbond substituents is 3. The van der Waals surface area contributed by atoms with Gasteiger partial charge in [0.25, 0.3) is 0 Å². The van der Waals surface area contributed by atoms with Gasteiger partial charge in [-0.3, -0.25) is 0 Å². The molecule has 3 aromatic rings. The van der Waals surface area contributed by atoms with Crippen molar-refractivity contribution in [2.45, 2.75) is 6.04 Å². The fourth-order valence-electron chi connectivity index (χ4n) is 2.62. The van der Waals surface area contributed by atoms with Gasteiger partial charge in [-0.1, -0.05) is 60.7 Å². The summed E-state index contributed by atoms with van der Waals surface area (Å²) in [5.41, 5.74) is 1.96. The lowest BCUT2D eigenvalue weighted by molar-refractivity contribution is 0.250. The average Bonchev–Trinajstić information content (AvgIpc) is 2.65. The molecule has 0 aliphatic heterocycles. The maximum Gasteiger partial charge on any atom is 0.319 e. The minimum absolute atomic E-state index is 0.148. The molecule has 0 heterocycles. The van der Waals surface area contributed by atoms with Gasteiger partial charge in [0.05, 0.1) is 11.7 Å². The van der Waals surface area contributed by atoms with E-state index in [0.717, 1.165) is 23.3 Å². The van der Waals surface area contributed by atoms with Crippen molar-refractivity contribution in [2.24, 2.45) is 0 Å². The number of carbonyl (C=O) groups is 1.